The Bertz CT molecular complexity index is 2790. The van der Waals surface area contributed by atoms with E-state index in [0.29, 0.717) is 0 Å². The van der Waals surface area contributed by atoms with Crippen LogP contribution >= 0.6 is 22.7 Å². The molecule has 3 heterocycles. The number of rotatable bonds is 3. The van der Waals surface area contributed by atoms with Gasteiger partial charge in [0.1, 0.15) is 0 Å². The fraction of sp³-hybridized carbons (Fsp3) is 0.136. The van der Waals surface area contributed by atoms with Gasteiger partial charge in [-0.15, -0.1) is 22.7 Å². The molecule has 0 radical (unpaired) electrons. The Morgan fingerprint density at radius 2 is 1.14 bits per heavy atom. The molecule has 49 heavy (non-hydrogen) atoms. The summed E-state index contributed by atoms with van der Waals surface area (Å²) in [7, 11) is -0.424. The molecule has 0 aliphatic carbocycles. The fourth-order valence-electron chi connectivity index (χ4n) is 7.54. The van der Waals surface area contributed by atoms with Gasteiger partial charge in [0.05, 0.1) is 11.2 Å². The predicted octanol–water partition coefficient (Wildman–Crippen LogP) is 12.4. The van der Waals surface area contributed by atoms with Crippen LogP contribution in [0, 0.1) is 0 Å². The van der Waals surface area contributed by atoms with Crippen molar-refractivity contribution in [2.24, 2.45) is 0 Å². The van der Waals surface area contributed by atoms with E-state index in [2.05, 4.69) is 155 Å². The summed E-state index contributed by atoms with van der Waals surface area (Å²) in [5.41, 5.74) is 5.19. The third kappa shape index (κ3) is 4.53. The van der Waals surface area contributed by atoms with Crippen LogP contribution in [0.2, 0.25) is 0 Å². The fourth-order valence-corrected chi connectivity index (χ4v) is 9.80. The lowest BCUT2D eigenvalue weighted by Gasteiger charge is -2.32. The summed E-state index contributed by atoms with van der Waals surface area (Å²) in [6.45, 7) is 8.49. The lowest BCUT2D eigenvalue weighted by molar-refractivity contribution is 0.00578. The van der Waals surface area contributed by atoms with Gasteiger partial charge < -0.3 is 9.31 Å². The van der Waals surface area contributed by atoms with E-state index < -0.39 is 18.3 Å². The molecule has 2 nitrogen and oxygen atoms in total. The molecule has 0 N–H and O–H groups in total. The lowest BCUT2D eigenvalue weighted by Crippen LogP contribution is -2.41. The van der Waals surface area contributed by atoms with Crippen molar-refractivity contribution in [3.63, 3.8) is 0 Å². The van der Waals surface area contributed by atoms with Crippen LogP contribution in [0.25, 0.3) is 84.1 Å². The molecule has 1 aliphatic heterocycles. The van der Waals surface area contributed by atoms with Crippen LogP contribution in [0.5, 0.6) is 0 Å². The molecule has 1 aliphatic rings. The second kappa shape index (κ2) is 10.5. The molecule has 2 aromatic heterocycles. The van der Waals surface area contributed by atoms with Crippen LogP contribution in [0.15, 0.2) is 127 Å². The largest absolute Gasteiger partial charge is 0.495 e. The zero-order valence-corrected chi connectivity index (χ0v) is 29.5. The minimum Gasteiger partial charge on any atom is -0.399 e. The minimum absolute atomic E-state index is 0.407. The number of fused-ring (bicyclic) bond motifs is 8. The molecule has 0 saturated carbocycles. The van der Waals surface area contributed by atoms with E-state index in [1.807, 2.05) is 22.7 Å². The van der Waals surface area contributed by atoms with E-state index >= 15 is 0 Å². The van der Waals surface area contributed by atoms with Gasteiger partial charge in [-0.1, -0.05) is 72.8 Å². The molecule has 0 atom stereocenters. The normalized spacial score (nSPS) is 15.9. The van der Waals surface area contributed by atoms with Crippen LogP contribution in [-0.2, 0) is 9.31 Å². The van der Waals surface area contributed by atoms with Gasteiger partial charge in [0.25, 0.3) is 0 Å². The molecule has 7 aromatic carbocycles. The van der Waals surface area contributed by atoms with Gasteiger partial charge in [-0.2, -0.15) is 0 Å². The molecular weight excluding hydrogens is 635 g/mol. The van der Waals surface area contributed by atoms with Crippen molar-refractivity contribution in [2.45, 2.75) is 38.9 Å². The maximum Gasteiger partial charge on any atom is 0.495 e. The highest BCUT2D eigenvalue weighted by Crippen LogP contribution is 2.44. The molecule has 5 heteroatoms. The number of hydrogen-bond donors (Lipinski definition) is 0. The molecule has 1 fully saturated rings. The monoisotopic (exact) mass is 668 g/mol. The van der Waals surface area contributed by atoms with Crippen molar-refractivity contribution in [3.05, 3.63) is 127 Å². The van der Waals surface area contributed by atoms with Crippen LogP contribution < -0.4 is 5.46 Å². The second-order valence-corrected chi connectivity index (χ2v) is 16.5. The SMILES string of the molecule is CC1(C)OB(c2cccc3sc4ccc(-c5cc(-c6ccc7ccccc7c6)cc6cc7sc8ccccc8c7cc56)cc4c23)OC1(C)C. The Morgan fingerprint density at radius 1 is 0.449 bits per heavy atom. The highest BCUT2D eigenvalue weighted by molar-refractivity contribution is 7.26. The summed E-state index contributed by atoms with van der Waals surface area (Å²) in [6, 6.07) is 47.4. The summed E-state index contributed by atoms with van der Waals surface area (Å²) in [5, 5.41) is 10.1. The van der Waals surface area contributed by atoms with E-state index in [1.165, 1.54) is 84.1 Å². The Balaban J connectivity index is 1.23. The minimum atomic E-state index is -0.424. The van der Waals surface area contributed by atoms with E-state index in [4.69, 9.17) is 9.31 Å². The Labute approximate surface area is 293 Å². The van der Waals surface area contributed by atoms with Crippen molar-refractivity contribution in [1.29, 1.82) is 0 Å². The smallest absolute Gasteiger partial charge is 0.399 e. The Morgan fingerprint density at radius 3 is 2.00 bits per heavy atom. The molecule has 0 unspecified atom stereocenters. The van der Waals surface area contributed by atoms with Crippen LogP contribution in [0.4, 0.5) is 0 Å². The van der Waals surface area contributed by atoms with E-state index in [-0.39, 0.29) is 0 Å². The Hall–Kier alpha value is -4.52. The summed E-state index contributed by atoms with van der Waals surface area (Å²) in [4.78, 5) is 0. The third-order valence-electron chi connectivity index (χ3n) is 10.9. The zero-order valence-electron chi connectivity index (χ0n) is 27.8. The zero-order chi connectivity index (χ0) is 33.1. The molecule has 0 spiro atoms. The number of thiophene rings is 2. The standard InChI is InChI=1S/C44H33BO2S2/c1-43(2)44(3,4)47-45(46-43)37-13-9-15-40-42(37)36-22-29(18-19-39(36)48-40)33-23-30(28-17-16-26-10-5-6-11-27(26)20-28)21-31-24-41-35(25-34(31)33)32-12-7-8-14-38(32)49-41/h5-25H,1-4H3. The van der Waals surface area contributed by atoms with E-state index in [1.54, 1.807) is 0 Å². The van der Waals surface area contributed by atoms with Gasteiger partial charge >= 0.3 is 7.12 Å². The second-order valence-electron chi connectivity index (χ2n) is 14.4. The van der Waals surface area contributed by atoms with Crippen LogP contribution in [-0.4, -0.2) is 18.3 Å². The maximum absolute atomic E-state index is 6.60. The van der Waals surface area contributed by atoms with Gasteiger partial charge in [-0.05, 0) is 132 Å². The van der Waals surface area contributed by atoms with E-state index in [9.17, 15) is 0 Å². The molecule has 1 saturated heterocycles. The quantitative estimate of drug-likeness (QED) is 0.175. The van der Waals surface area contributed by atoms with Gasteiger partial charge in [-0.3, -0.25) is 0 Å². The van der Waals surface area contributed by atoms with Crippen molar-refractivity contribution in [3.8, 4) is 22.3 Å². The highest BCUT2D eigenvalue weighted by Gasteiger charge is 2.52. The first kappa shape index (κ1) is 29.4. The molecule has 10 rings (SSSR count). The van der Waals surface area contributed by atoms with Gasteiger partial charge in [0.15, 0.2) is 0 Å². The summed E-state index contributed by atoms with van der Waals surface area (Å²) >= 11 is 3.71. The molecule has 0 bridgehead atoms. The topological polar surface area (TPSA) is 18.5 Å². The van der Waals surface area contributed by atoms with Crippen LogP contribution in [0.1, 0.15) is 27.7 Å². The third-order valence-corrected chi connectivity index (χ3v) is 13.1. The van der Waals surface area contributed by atoms with Crippen molar-refractivity contribution < 1.29 is 9.31 Å². The maximum atomic E-state index is 6.60. The van der Waals surface area contributed by atoms with Gasteiger partial charge in [0, 0.05) is 40.3 Å². The molecule has 0 amide bonds. The molecule has 236 valence electrons. The summed E-state index contributed by atoms with van der Waals surface area (Å²) in [6.07, 6.45) is 0. The summed E-state index contributed by atoms with van der Waals surface area (Å²) < 4.78 is 18.4. The van der Waals surface area contributed by atoms with Gasteiger partial charge in [-0.25, -0.2) is 0 Å². The van der Waals surface area contributed by atoms with Gasteiger partial charge in [0.2, 0.25) is 0 Å². The lowest BCUT2D eigenvalue weighted by atomic mass is 9.76. The Kier molecular flexibility index (Phi) is 6.30. The summed E-state index contributed by atoms with van der Waals surface area (Å²) in [5.74, 6) is 0. The average Bonchev–Trinajstić information content (AvgIpc) is 3.73. The predicted molar refractivity (Wildman–Crippen MR) is 214 cm³/mol. The first-order valence-electron chi connectivity index (χ1n) is 16.9. The molecule has 9 aromatic rings. The molecular formula is C44H33BO2S2. The first-order chi connectivity index (χ1) is 23.7. The van der Waals surface area contributed by atoms with Crippen molar-refractivity contribution in [1.82, 2.24) is 0 Å². The average molecular weight is 669 g/mol. The highest BCUT2D eigenvalue weighted by atomic mass is 32.1. The van der Waals surface area contributed by atoms with Crippen molar-refractivity contribution >= 4 is 97.1 Å². The van der Waals surface area contributed by atoms with E-state index in [0.717, 1.165) is 5.46 Å². The number of hydrogen-bond acceptors (Lipinski definition) is 4. The van der Waals surface area contributed by atoms with Crippen LogP contribution in [0.3, 0.4) is 0 Å². The first-order valence-corrected chi connectivity index (χ1v) is 18.6. The van der Waals surface area contributed by atoms with Crippen molar-refractivity contribution in [2.75, 3.05) is 0 Å². The number of benzene rings is 7.